The minimum absolute atomic E-state index is 0.122. The summed E-state index contributed by atoms with van der Waals surface area (Å²) < 4.78 is 10.7. The van der Waals surface area contributed by atoms with E-state index in [2.05, 4.69) is 10.6 Å². The molecule has 0 spiro atoms. The molecule has 28 heavy (non-hydrogen) atoms. The highest BCUT2D eigenvalue weighted by Gasteiger charge is 2.25. The van der Waals surface area contributed by atoms with E-state index in [1.807, 2.05) is 39.3 Å². The van der Waals surface area contributed by atoms with E-state index in [0.29, 0.717) is 0 Å². The third-order valence-electron chi connectivity index (χ3n) is 3.05. The smallest absolute Gasteiger partial charge is 0.325 e. The van der Waals surface area contributed by atoms with Gasteiger partial charge >= 0.3 is 11.9 Å². The molecule has 2 N–H and O–H groups in total. The van der Waals surface area contributed by atoms with Crippen LogP contribution in [0.25, 0.3) is 0 Å². The summed E-state index contributed by atoms with van der Waals surface area (Å²) in [7, 11) is -4.14. The highest BCUT2D eigenvalue weighted by molar-refractivity contribution is 6.71. The van der Waals surface area contributed by atoms with E-state index >= 15 is 0 Å². The summed E-state index contributed by atoms with van der Waals surface area (Å²) in [4.78, 5) is 48.2. The zero-order chi connectivity index (χ0) is 21.5. The van der Waals surface area contributed by atoms with Crippen LogP contribution in [0.1, 0.15) is 20.7 Å². The van der Waals surface area contributed by atoms with Crippen molar-refractivity contribution in [3.63, 3.8) is 0 Å². The van der Waals surface area contributed by atoms with Gasteiger partial charge in [-0.15, -0.1) is 0 Å². The zero-order valence-corrected chi connectivity index (χ0v) is 19.2. The fourth-order valence-electron chi connectivity index (χ4n) is 2.06. The molecule has 154 valence electrons. The van der Waals surface area contributed by atoms with Gasteiger partial charge in [0.25, 0.3) is 5.91 Å². The highest BCUT2D eigenvalue weighted by atomic mass is 28.4. The van der Waals surface area contributed by atoms with Gasteiger partial charge in [-0.25, -0.2) is 4.79 Å². The number of hydrogen-bond acceptors (Lipinski definition) is 6. The topological polar surface area (TPSA) is 111 Å². The van der Waals surface area contributed by atoms with Gasteiger partial charge in [0.15, 0.2) is 0 Å². The van der Waals surface area contributed by atoms with Crippen LogP contribution in [0, 0.1) is 0 Å². The first-order valence-corrected chi connectivity index (χ1v) is 15.7. The van der Waals surface area contributed by atoms with Crippen LogP contribution >= 0.6 is 0 Å². The van der Waals surface area contributed by atoms with Gasteiger partial charge in [0, 0.05) is 0 Å². The van der Waals surface area contributed by atoms with Gasteiger partial charge in [0.1, 0.15) is 6.54 Å². The van der Waals surface area contributed by atoms with Crippen molar-refractivity contribution in [2.75, 3.05) is 13.1 Å². The van der Waals surface area contributed by atoms with Gasteiger partial charge in [-0.05, 0) is 51.4 Å². The van der Waals surface area contributed by atoms with Crippen LogP contribution in [0.15, 0.2) is 24.3 Å². The van der Waals surface area contributed by atoms with Crippen molar-refractivity contribution in [2.24, 2.45) is 0 Å². The molecular weight excluding hydrogens is 396 g/mol. The number of hydrogen-bond donors (Lipinski definition) is 2. The third kappa shape index (κ3) is 8.95. The fraction of sp³-hybridized carbons (Fsp3) is 0.444. The maximum atomic E-state index is 12.4. The quantitative estimate of drug-likeness (QED) is 0.617. The van der Waals surface area contributed by atoms with Gasteiger partial charge in [0.2, 0.25) is 22.5 Å². The third-order valence-corrected chi connectivity index (χ3v) is 4.69. The SMILES string of the molecule is C[Si](C)(C)OC(=O)CNC(=O)CNC(=O)c1ccccc1C(=O)O[Si](C)(C)C. The van der Waals surface area contributed by atoms with Crippen molar-refractivity contribution in [1.82, 2.24) is 10.6 Å². The number of carbonyl (C=O) groups excluding carboxylic acids is 4. The summed E-state index contributed by atoms with van der Waals surface area (Å²) in [5.41, 5.74) is 0.262. The monoisotopic (exact) mass is 424 g/mol. The molecule has 10 heteroatoms. The van der Waals surface area contributed by atoms with Gasteiger partial charge < -0.3 is 19.5 Å². The Morgan fingerprint density at radius 2 is 1.32 bits per heavy atom. The molecule has 0 saturated carbocycles. The summed E-state index contributed by atoms with van der Waals surface area (Å²) in [6.07, 6.45) is 0. The van der Waals surface area contributed by atoms with Crippen LogP contribution in [0.5, 0.6) is 0 Å². The zero-order valence-electron chi connectivity index (χ0n) is 17.2. The van der Waals surface area contributed by atoms with Crippen LogP contribution in [-0.2, 0) is 18.4 Å². The lowest BCUT2D eigenvalue weighted by Gasteiger charge is -2.18. The lowest BCUT2D eigenvalue weighted by Crippen LogP contribution is -2.41. The molecule has 0 aliphatic heterocycles. The fourth-order valence-corrected chi connectivity index (χ4v) is 3.48. The Bertz CT molecular complexity index is 753. The van der Waals surface area contributed by atoms with Crippen LogP contribution in [0.3, 0.4) is 0 Å². The Kier molecular flexibility index (Phi) is 8.12. The number of rotatable bonds is 8. The number of nitrogens with one attached hydrogen (secondary N) is 2. The van der Waals surface area contributed by atoms with E-state index in [0.717, 1.165) is 0 Å². The lowest BCUT2D eigenvalue weighted by molar-refractivity contribution is -0.136. The normalized spacial score (nSPS) is 11.4. The van der Waals surface area contributed by atoms with E-state index in [4.69, 9.17) is 8.85 Å². The van der Waals surface area contributed by atoms with Crippen molar-refractivity contribution >= 4 is 40.4 Å². The molecule has 0 aliphatic rings. The van der Waals surface area contributed by atoms with Gasteiger partial charge in [0.05, 0.1) is 17.7 Å². The first-order chi connectivity index (χ1) is 12.8. The molecule has 0 aliphatic carbocycles. The van der Waals surface area contributed by atoms with Crippen molar-refractivity contribution in [3.8, 4) is 0 Å². The Balaban J connectivity index is 2.63. The number of amides is 2. The summed E-state index contributed by atoms with van der Waals surface area (Å²) in [6, 6.07) is 6.24. The highest BCUT2D eigenvalue weighted by Crippen LogP contribution is 2.14. The molecule has 8 nitrogen and oxygen atoms in total. The minimum Gasteiger partial charge on any atom is -0.519 e. The predicted molar refractivity (Wildman–Crippen MR) is 110 cm³/mol. The lowest BCUT2D eigenvalue weighted by atomic mass is 10.1. The largest absolute Gasteiger partial charge is 0.519 e. The predicted octanol–water partition coefficient (Wildman–Crippen LogP) is 1.90. The molecule has 2 amide bonds. The van der Waals surface area contributed by atoms with Crippen LogP contribution < -0.4 is 10.6 Å². The van der Waals surface area contributed by atoms with E-state index in [9.17, 15) is 19.2 Å². The minimum atomic E-state index is -2.12. The van der Waals surface area contributed by atoms with Crippen molar-refractivity contribution in [1.29, 1.82) is 0 Å². The molecular formula is C18H28N2O6Si2. The molecule has 0 fully saturated rings. The van der Waals surface area contributed by atoms with E-state index in [1.54, 1.807) is 12.1 Å². The molecule has 0 radical (unpaired) electrons. The Labute approximate surface area is 167 Å². The van der Waals surface area contributed by atoms with E-state index in [1.165, 1.54) is 12.1 Å². The molecule has 0 aromatic heterocycles. The molecule has 0 heterocycles. The molecule has 1 aromatic carbocycles. The van der Waals surface area contributed by atoms with Crippen LogP contribution in [0.2, 0.25) is 39.3 Å². The van der Waals surface area contributed by atoms with Crippen LogP contribution in [0.4, 0.5) is 0 Å². The van der Waals surface area contributed by atoms with E-state index in [-0.39, 0.29) is 24.2 Å². The second-order valence-corrected chi connectivity index (χ2v) is 17.0. The van der Waals surface area contributed by atoms with Crippen molar-refractivity contribution < 1.29 is 28.0 Å². The summed E-state index contributed by atoms with van der Waals surface area (Å²) in [5.74, 6) is -2.20. The van der Waals surface area contributed by atoms with E-state index < -0.39 is 40.4 Å². The summed E-state index contributed by atoms with van der Waals surface area (Å²) in [6.45, 7) is 10.6. The van der Waals surface area contributed by atoms with Gasteiger partial charge in [-0.1, -0.05) is 12.1 Å². The Hall–Kier alpha value is -2.47. The Morgan fingerprint density at radius 3 is 1.86 bits per heavy atom. The summed E-state index contributed by atoms with van der Waals surface area (Å²) >= 11 is 0. The molecule has 0 saturated heterocycles. The maximum absolute atomic E-state index is 12.4. The average Bonchev–Trinajstić information content (AvgIpc) is 2.54. The van der Waals surface area contributed by atoms with Gasteiger partial charge in [-0.3, -0.25) is 14.4 Å². The van der Waals surface area contributed by atoms with Crippen molar-refractivity contribution in [2.45, 2.75) is 39.3 Å². The van der Waals surface area contributed by atoms with Crippen LogP contribution in [-0.4, -0.2) is 53.5 Å². The number of carbonyl (C=O) groups is 4. The summed E-state index contributed by atoms with van der Waals surface area (Å²) in [5, 5.41) is 4.83. The average molecular weight is 425 g/mol. The maximum Gasteiger partial charge on any atom is 0.325 e. The van der Waals surface area contributed by atoms with Gasteiger partial charge in [-0.2, -0.15) is 0 Å². The molecule has 0 atom stereocenters. The second kappa shape index (κ2) is 9.65. The molecule has 1 rings (SSSR count). The second-order valence-electron chi connectivity index (χ2n) is 8.09. The molecule has 0 unspecified atom stereocenters. The number of benzene rings is 1. The van der Waals surface area contributed by atoms with Crippen molar-refractivity contribution in [3.05, 3.63) is 35.4 Å². The first-order valence-electron chi connectivity index (χ1n) is 8.87. The molecule has 0 bridgehead atoms. The first kappa shape index (κ1) is 23.6. The standard InChI is InChI=1S/C18H28N2O6Si2/c1-27(2,3)25-16(22)12-19-15(21)11-20-17(23)13-9-7-8-10-14(13)18(24)26-28(4,5)6/h7-10H,11-12H2,1-6H3,(H,19,21)(H,20,23). The Morgan fingerprint density at radius 1 is 0.786 bits per heavy atom. The molecule has 1 aromatic rings.